The third kappa shape index (κ3) is 7.27. The number of amides is 1. The number of hydrogen-bond donors (Lipinski definition) is 3. The van der Waals surface area contributed by atoms with E-state index in [4.69, 9.17) is 9.47 Å². The van der Waals surface area contributed by atoms with Gasteiger partial charge in [0.25, 0.3) is 0 Å². The molecule has 0 aromatic carbocycles. The van der Waals surface area contributed by atoms with E-state index in [1.807, 2.05) is 13.8 Å². The molecule has 0 aliphatic rings. The molecule has 0 aliphatic heterocycles. The Hall–Kier alpha value is -0.950. The Bertz CT molecular complexity index is 282. The standard InChI is InChI=1S/C13H25NO5/c1-5-11(16)14-13(7-15,8-18-10(3)4)9-19-12(17)6-2/h6,10,12,15,17H,2,5,7-9H2,1,3-4H3,(H,14,16)/t12?,13-/m0/s1. The summed E-state index contributed by atoms with van der Waals surface area (Å²) < 4.78 is 10.6. The molecule has 0 spiro atoms. The maximum atomic E-state index is 11.5. The van der Waals surface area contributed by atoms with Gasteiger partial charge in [-0.05, 0) is 19.9 Å². The zero-order chi connectivity index (χ0) is 14.9. The van der Waals surface area contributed by atoms with Crippen LogP contribution in [-0.4, -0.2) is 53.9 Å². The van der Waals surface area contributed by atoms with Gasteiger partial charge in [0.05, 0.1) is 25.9 Å². The Morgan fingerprint density at radius 3 is 2.42 bits per heavy atom. The number of aliphatic hydroxyl groups is 2. The lowest BCUT2D eigenvalue weighted by atomic mass is 10.0. The highest BCUT2D eigenvalue weighted by Crippen LogP contribution is 2.10. The van der Waals surface area contributed by atoms with Gasteiger partial charge >= 0.3 is 0 Å². The molecular weight excluding hydrogens is 250 g/mol. The summed E-state index contributed by atoms with van der Waals surface area (Å²) >= 11 is 0. The Morgan fingerprint density at radius 1 is 1.42 bits per heavy atom. The second-order valence-corrected chi connectivity index (χ2v) is 4.64. The highest BCUT2D eigenvalue weighted by molar-refractivity contribution is 5.76. The first-order chi connectivity index (χ1) is 8.89. The molecule has 0 rings (SSSR count). The number of ether oxygens (including phenoxy) is 2. The topological polar surface area (TPSA) is 88.0 Å². The first kappa shape index (κ1) is 18.0. The molecule has 112 valence electrons. The van der Waals surface area contributed by atoms with Crippen LogP contribution in [0.3, 0.4) is 0 Å². The van der Waals surface area contributed by atoms with Crippen LogP contribution >= 0.6 is 0 Å². The van der Waals surface area contributed by atoms with Crippen molar-refractivity contribution in [1.29, 1.82) is 0 Å². The molecule has 3 N–H and O–H groups in total. The van der Waals surface area contributed by atoms with E-state index in [2.05, 4.69) is 11.9 Å². The molecule has 0 radical (unpaired) electrons. The third-order valence-corrected chi connectivity index (χ3v) is 2.45. The van der Waals surface area contributed by atoms with Crippen LogP contribution in [0.2, 0.25) is 0 Å². The SMILES string of the molecule is C=CC(O)OC[C@](CO)(COC(C)C)NC(=O)CC. The number of nitrogens with one attached hydrogen (secondary N) is 1. The summed E-state index contributed by atoms with van der Waals surface area (Å²) in [5.74, 6) is -0.224. The first-order valence-corrected chi connectivity index (χ1v) is 6.34. The minimum atomic E-state index is -1.15. The number of carbonyl (C=O) groups is 1. The number of carbonyl (C=O) groups excluding carboxylic acids is 1. The van der Waals surface area contributed by atoms with Crippen molar-refractivity contribution in [3.63, 3.8) is 0 Å². The van der Waals surface area contributed by atoms with E-state index >= 15 is 0 Å². The predicted molar refractivity (Wildman–Crippen MR) is 71.5 cm³/mol. The van der Waals surface area contributed by atoms with E-state index in [1.165, 1.54) is 6.08 Å². The number of aliphatic hydroxyl groups excluding tert-OH is 2. The van der Waals surface area contributed by atoms with Crippen molar-refractivity contribution in [3.8, 4) is 0 Å². The molecular formula is C13H25NO5. The summed E-state index contributed by atoms with van der Waals surface area (Å²) in [5.41, 5.74) is -1.07. The van der Waals surface area contributed by atoms with Gasteiger partial charge in [-0.15, -0.1) is 0 Å². The molecule has 0 fully saturated rings. The summed E-state index contributed by atoms with van der Waals surface area (Å²) in [5, 5.41) is 21.5. The van der Waals surface area contributed by atoms with Crippen LogP contribution in [-0.2, 0) is 14.3 Å². The van der Waals surface area contributed by atoms with Crippen LogP contribution in [0.15, 0.2) is 12.7 Å². The highest BCUT2D eigenvalue weighted by Gasteiger charge is 2.33. The van der Waals surface area contributed by atoms with Gasteiger partial charge in [-0.1, -0.05) is 13.5 Å². The van der Waals surface area contributed by atoms with Crippen LogP contribution < -0.4 is 5.32 Å². The lowest BCUT2D eigenvalue weighted by Gasteiger charge is -2.33. The van der Waals surface area contributed by atoms with E-state index in [1.54, 1.807) is 6.92 Å². The fourth-order valence-electron chi connectivity index (χ4n) is 1.27. The van der Waals surface area contributed by atoms with Crippen molar-refractivity contribution in [2.45, 2.75) is 45.1 Å². The largest absolute Gasteiger partial charge is 0.394 e. The predicted octanol–water partition coefficient (Wildman–Crippen LogP) is 0.190. The van der Waals surface area contributed by atoms with Crippen LogP contribution in [0.5, 0.6) is 0 Å². The zero-order valence-corrected chi connectivity index (χ0v) is 11.9. The molecule has 1 unspecified atom stereocenters. The molecule has 0 heterocycles. The monoisotopic (exact) mass is 275 g/mol. The smallest absolute Gasteiger partial charge is 0.220 e. The van der Waals surface area contributed by atoms with Gasteiger partial charge in [0.2, 0.25) is 5.91 Å². The quantitative estimate of drug-likeness (QED) is 0.391. The Kier molecular flexibility index (Phi) is 8.58. The molecule has 19 heavy (non-hydrogen) atoms. The molecule has 0 aromatic heterocycles. The van der Waals surface area contributed by atoms with Crippen molar-refractivity contribution in [2.24, 2.45) is 0 Å². The van der Waals surface area contributed by atoms with Gasteiger partial charge in [0.1, 0.15) is 5.54 Å². The molecule has 2 atom stereocenters. The van der Waals surface area contributed by atoms with Crippen molar-refractivity contribution in [1.82, 2.24) is 5.32 Å². The van der Waals surface area contributed by atoms with Crippen molar-refractivity contribution >= 4 is 5.91 Å². The van der Waals surface area contributed by atoms with E-state index in [-0.39, 0.29) is 38.3 Å². The normalized spacial score (nSPS) is 15.9. The van der Waals surface area contributed by atoms with Gasteiger partial charge in [-0.2, -0.15) is 0 Å². The second-order valence-electron chi connectivity index (χ2n) is 4.64. The third-order valence-electron chi connectivity index (χ3n) is 2.45. The summed E-state index contributed by atoms with van der Waals surface area (Å²) in [7, 11) is 0. The summed E-state index contributed by atoms with van der Waals surface area (Å²) in [4.78, 5) is 11.5. The van der Waals surface area contributed by atoms with Gasteiger partial charge < -0.3 is 25.0 Å². The molecule has 0 saturated heterocycles. The summed E-state index contributed by atoms with van der Waals surface area (Å²) in [6, 6.07) is 0. The van der Waals surface area contributed by atoms with E-state index in [0.29, 0.717) is 0 Å². The average Bonchev–Trinajstić information content (AvgIpc) is 2.41. The molecule has 6 nitrogen and oxygen atoms in total. The van der Waals surface area contributed by atoms with Crippen molar-refractivity contribution in [2.75, 3.05) is 19.8 Å². The lowest BCUT2D eigenvalue weighted by Crippen LogP contribution is -2.58. The van der Waals surface area contributed by atoms with Crippen molar-refractivity contribution in [3.05, 3.63) is 12.7 Å². The van der Waals surface area contributed by atoms with E-state index in [9.17, 15) is 15.0 Å². The summed E-state index contributed by atoms with van der Waals surface area (Å²) in [6.07, 6.45) is 0.304. The first-order valence-electron chi connectivity index (χ1n) is 6.34. The minimum Gasteiger partial charge on any atom is -0.394 e. The Morgan fingerprint density at radius 2 is 2.00 bits per heavy atom. The van der Waals surface area contributed by atoms with Crippen LogP contribution in [0.1, 0.15) is 27.2 Å². The van der Waals surface area contributed by atoms with Gasteiger partial charge in [0, 0.05) is 6.42 Å². The van der Waals surface area contributed by atoms with Crippen LogP contribution in [0.25, 0.3) is 0 Å². The maximum absolute atomic E-state index is 11.5. The van der Waals surface area contributed by atoms with Crippen LogP contribution in [0, 0.1) is 0 Å². The molecule has 6 heteroatoms. The fourth-order valence-corrected chi connectivity index (χ4v) is 1.27. The maximum Gasteiger partial charge on any atom is 0.220 e. The van der Waals surface area contributed by atoms with Crippen LogP contribution in [0.4, 0.5) is 0 Å². The van der Waals surface area contributed by atoms with Crippen molar-refractivity contribution < 1.29 is 24.5 Å². The highest BCUT2D eigenvalue weighted by atomic mass is 16.6. The zero-order valence-electron chi connectivity index (χ0n) is 11.9. The minimum absolute atomic E-state index is 0.0474. The Labute approximate surface area is 114 Å². The van der Waals surface area contributed by atoms with Gasteiger partial charge in [0.15, 0.2) is 6.29 Å². The molecule has 1 amide bonds. The molecule has 0 saturated carbocycles. The second kappa shape index (κ2) is 9.03. The number of hydrogen-bond acceptors (Lipinski definition) is 5. The molecule has 0 bridgehead atoms. The fraction of sp³-hybridized carbons (Fsp3) is 0.769. The van der Waals surface area contributed by atoms with Gasteiger partial charge in [-0.3, -0.25) is 4.79 Å². The number of rotatable bonds is 10. The average molecular weight is 275 g/mol. The van der Waals surface area contributed by atoms with E-state index in [0.717, 1.165) is 0 Å². The molecule has 0 aliphatic carbocycles. The lowest BCUT2D eigenvalue weighted by molar-refractivity contribution is -0.134. The molecule has 0 aromatic rings. The Balaban J connectivity index is 4.72. The van der Waals surface area contributed by atoms with E-state index < -0.39 is 11.8 Å². The summed E-state index contributed by atoms with van der Waals surface area (Å²) in [6.45, 7) is 8.46. The van der Waals surface area contributed by atoms with Gasteiger partial charge in [-0.25, -0.2) is 0 Å².